The minimum absolute atomic E-state index is 0.194. The van der Waals surface area contributed by atoms with E-state index < -0.39 is 5.60 Å². The van der Waals surface area contributed by atoms with Crippen molar-refractivity contribution in [3.8, 4) is 29.1 Å². The maximum atomic E-state index is 13.2. The van der Waals surface area contributed by atoms with Crippen LogP contribution in [-0.4, -0.2) is 57.1 Å². The van der Waals surface area contributed by atoms with Gasteiger partial charge in [-0.3, -0.25) is 4.79 Å². The van der Waals surface area contributed by atoms with Crippen LogP contribution in [0.15, 0.2) is 89.5 Å². The molecule has 4 aliphatic carbocycles. The Morgan fingerprint density at radius 1 is 0.946 bits per heavy atom. The zero-order valence-electron chi connectivity index (χ0n) is 33.2. The molecule has 2 aliphatic heterocycles. The van der Waals surface area contributed by atoms with Gasteiger partial charge in [0.05, 0.1) is 6.61 Å². The summed E-state index contributed by atoms with van der Waals surface area (Å²) in [6.45, 7) is 6.88. The molecule has 2 saturated carbocycles. The van der Waals surface area contributed by atoms with Crippen molar-refractivity contribution in [2.75, 3.05) is 45.5 Å². The lowest BCUT2D eigenvalue weighted by molar-refractivity contribution is -0.114. The van der Waals surface area contributed by atoms with Gasteiger partial charge >= 0.3 is 0 Å². The van der Waals surface area contributed by atoms with Crippen molar-refractivity contribution in [1.29, 1.82) is 0 Å². The van der Waals surface area contributed by atoms with E-state index in [4.69, 9.17) is 14.2 Å². The number of nitrogens with zero attached hydrogens (tertiary/aromatic N) is 1. The fourth-order valence-electron chi connectivity index (χ4n) is 10.8. The van der Waals surface area contributed by atoms with Crippen LogP contribution in [-0.2, 0) is 4.79 Å². The summed E-state index contributed by atoms with van der Waals surface area (Å²) in [5.41, 5.74) is 6.89. The number of piperidine rings is 1. The molecule has 9 rings (SSSR count). The van der Waals surface area contributed by atoms with Crippen molar-refractivity contribution >= 4 is 11.5 Å². The summed E-state index contributed by atoms with van der Waals surface area (Å²) in [5.74, 6) is 10.5. The molecule has 7 nitrogen and oxygen atoms in total. The highest BCUT2D eigenvalue weighted by molar-refractivity contribution is 5.93. The van der Waals surface area contributed by atoms with Gasteiger partial charge in [-0.1, -0.05) is 42.7 Å². The Kier molecular flexibility index (Phi) is 10.8. The summed E-state index contributed by atoms with van der Waals surface area (Å²) < 4.78 is 29.9. The fraction of sp³-hybridized carbons (Fsp3) is 0.479. The SMILES string of the molecule is CC#C[C@]1(O)CC[C@H]2[C@@H]3CCC4=CC(=O)CCC4=C3[C@@H](c3ccc(N(C)C)cc3)C[C@@]21C.Fc1ccc([C@@H]2CCNC[C@H]2COc2ccc3c(c2)OCO3)cc1. The first-order valence-corrected chi connectivity index (χ1v) is 20.5. The number of hydrogen-bond donors (Lipinski definition) is 2. The second-order valence-electron chi connectivity index (χ2n) is 17.0. The number of ketones is 1. The second-order valence-corrected chi connectivity index (χ2v) is 17.0. The second kappa shape index (κ2) is 15.8. The first-order valence-electron chi connectivity index (χ1n) is 20.5. The van der Waals surface area contributed by atoms with Gasteiger partial charge in [-0.2, -0.15) is 0 Å². The highest BCUT2D eigenvalue weighted by atomic mass is 19.1. The maximum absolute atomic E-state index is 13.2. The van der Waals surface area contributed by atoms with E-state index in [0.29, 0.717) is 36.7 Å². The lowest BCUT2D eigenvalue weighted by Gasteiger charge is -2.53. The molecule has 3 aromatic carbocycles. The molecule has 3 aromatic rings. The molecule has 0 aromatic heterocycles. The average Bonchev–Trinajstić information content (AvgIpc) is 3.78. The smallest absolute Gasteiger partial charge is 0.231 e. The van der Waals surface area contributed by atoms with E-state index in [0.717, 1.165) is 75.3 Å². The minimum atomic E-state index is -0.914. The third kappa shape index (κ3) is 7.25. The Bertz CT molecular complexity index is 2060. The summed E-state index contributed by atoms with van der Waals surface area (Å²) in [7, 11) is 4.14. The Balaban J connectivity index is 0.000000164. The van der Waals surface area contributed by atoms with Gasteiger partial charge in [-0.05, 0) is 141 Å². The van der Waals surface area contributed by atoms with Gasteiger partial charge in [0.1, 0.15) is 17.2 Å². The molecule has 2 heterocycles. The van der Waals surface area contributed by atoms with E-state index in [2.05, 4.69) is 67.3 Å². The first kappa shape index (κ1) is 38.3. The summed E-state index contributed by atoms with van der Waals surface area (Å²) in [4.78, 5) is 14.3. The largest absolute Gasteiger partial charge is 0.493 e. The van der Waals surface area contributed by atoms with Gasteiger partial charge in [0, 0.05) is 56.1 Å². The average molecular weight is 759 g/mol. The number of carbonyl (C=O) groups excluding carboxylic acids is 1. The van der Waals surface area contributed by atoms with Crippen LogP contribution in [0.3, 0.4) is 0 Å². The quantitative estimate of drug-likeness (QED) is 0.244. The van der Waals surface area contributed by atoms with Crippen molar-refractivity contribution in [2.24, 2.45) is 23.2 Å². The number of allylic oxidation sites excluding steroid dienone is 4. The number of halogens is 1. The lowest BCUT2D eigenvalue weighted by atomic mass is 9.51. The number of carbonyl (C=O) groups is 1. The highest BCUT2D eigenvalue weighted by Crippen LogP contribution is 2.66. The van der Waals surface area contributed by atoms with Gasteiger partial charge in [0.15, 0.2) is 17.3 Å². The molecule has 0 spiro atoms. The number of ether oxygens (including phenoxy) is 3. The summed E-state index contributed by atoms with van der Waals surface area (Å²) in [6.07, 6.45) is 9.26. The van der Waals surface area contributed by atoms with Crippen LogP contribution in [0.4, 0.5) is 10.1 Å². The Morgan fingerprint density at radius 3 is 2.48 bits per heavy atom. The third-order valence-electron chi connectivity index (χ3n) is 13.7. The summed E-state index contributed by atoms with van der Waals surface area (Å²) in [5, 5.41) is 15.2. The van der Waals surface area contributed by atoms with Crippen LogP contribution >= 0.6 is 0 Å². The van der Waals surface area contributed by atoms with Crippen LogP contribution in [0, 0.1) is 40.8 Å². The predicted molar refractivity (Wildman–Crippen MR) is 218 cm³/mol. The zero-order chi connectivity index (χ0) is 39.0. The Morgan fingerprint density at radius 2 is 1.71 bits per heavy atom. The molecule has 56 heavy (non-hydrogen) atoms. The van der Waals surface area contributed by atoms with Crippen LogP contribution in [0.5, 0.6) is 17.2 Å². The van der Waals surface area contributed by atoms with Crippen molar-refractivity contribution in [3.05, 3.63) is 106 Å². The zero-order valence-corrected chi connectivity index (χ0v) is 33.2. The molecule has 0 bridgehead atoms. The molecule has 2 N–H and O–H groups in total. The number of anilines is 1. The van der Waals surface area contributed by atoms with E-state index in [1.54, 1.807) is 5.57 Å². The Hall–Kier alpha value is -4.58. The molecule has 7 atom stereocenters. The van der Waals surface area contributed by atoms with Crippen LogP contribution < -0.4 is 24.4 Å². The molecule has 1 saturated heterocycles. The third-order valence-corrected chi connectivity index (χ3v) is 13.7. The minimum Gasteiger partial charge on any atom is -0.493 e. The summed E-state index contributed by atoms with van der Waals surface area (Å²) >= 11 is 0. The van der Waals surface area contributed by atoms with Gasteiger partial charge in [-0.15, -0.1) is 5.92 Å². The van der Waals surface area contributed by atoms with Crippen molar-refractivity contribution < 1.29 is 28.5 Å². The van der Waals surface area contributed by atoms with E-state index >= 15 is 0 Å². The van der Waals surface area contributed by atoms with E-state index in [1.807, 2.05) is 43.3 Å². The number of nitrogens with one attached hydrogen (secondary N) is 1. The topological polar surface area (TPSA) is 80.3 Å². The van der Waals surface area contributed by atoms with Crippen molar-refractivity contribution in [2.45, 2.75) is 82.7 Å². The van der Waals surface area contributed by atoms with E-state index in [-0.39, 0.29) is 29.7 Å². The molecule has 3 fully saturated rings. The monoisotopic (exact) mass is 758 g/mol. The highest BCUT2D eigenvalue weighted by Gasteiger charge is 2.62. The number of hydrogen-bond acceptors (Lipinski definition) is 7. The fourth-order valence-corrected chi connectivity index (χ4v) is 10.8. The van der Waals surface area contributed by atoms with Crippen LogP contribution in [0.2, 0.25) is 0 Å². The molecule has 6 aliphatic rings. The van der Waals surface area contributed by atoms with Crippen molar-refractivity contribution in [1.82, 2.24) is 5.32 Å². The molecule has 0 radical (unpaired) electrons. The van der Waals surface area contributed by atoms with Crippen LogP contribution in [0.25, 0.3) is 0 Å². The molecular formula is C48H55FN2O5. The maximum Gasteiger partial charge on any atom is 0.231 e. The number of rotatable bonds is 6. The molecule has 0 amide bonds. The lowest BCUT2D eigenvalue weighted by Crippen LogP contribution is -2.51. The number of aliphatic hydroxyl groups is 1. The molecule has 0 unspecified atom stereocenters. The standard InChI is InChI=1S/C29H35NO2.C19H20FNO3/c1-5-15-29(32)16-14-26-24-12-8-20-17-22(31)11-13-23(20)27(24)25(18-28(26,29)2)19-6-9-21(10-7-19)30(3)4;20-15-3-1-13(2-4-15)17-7-8-21-10-14(17)11-22-16-5-6-18-19(9-16)24-12-23-18/h6-7,9-10,17,24-26,32H,8,11-14,16,18H2,1-4H3;1-6,9,14,17,21H,7-8,10-12H2/t24-,25+,26-,28-,29-;14-,17-/m00/s1. The predicted octanol–water partition coefficient (Wildman–Crippen LogP) is 8.73. The molecule has 8 heteroatoms. The van der Waals surface area contributed by atoms with E-state index in [1.165, 1.54) is 40.1 Å². The van der Waals surface area contributed by atoms with Gasteiger partial charge < -0.3 is 29.5 Å². The first-order chi connectivity index (χ1) is 27.1. The summed E-state index contributed by atoms with van der Waals surface area (Å²) in [6, 6.07) is 21.5. The van der Waals surface area contributed by atoms with Crippen molar-refractivity contribution in [3.63, 3.8) is 0 Å². The van der Waals surface area contributed by atoms with Gasteiger partial charge in [0.2, 0.25) is 6.79 Å². The molecule has 294 valence electrons. The number of benzene rings is 3. The van der Waals surface area contributed by atoms with Gasteiger partial charge in [0.25, 0.3) is 0 Å². The number of fused-ring (bicyclic) bond motifs is 5. The Labute approximate surface area is 331 Å². The normalized spacial score (nSPS) is 30.1. The van der Waals surface area contributed by atoms with Crippen LogP contribution in [0.1, 0.15) is 88.2 Å². The molecular weight excluding hydrogens is 704 g/mol. The van der Waals surface area contributed by atoms with Gasteiger partial charge in [-0.25, -0.2) is 4.39 Å². The van der Waals surface area contributed by atoms with E-state index in [9.17, 15) is 14.3 Å².